The number of carbonyl (C=O) groups is 3. The molecule has 0 N–H and O–H groups in total. The maximum absolute atomic E-state index is 12.0. The van der Waals surface area contributed by atoms with Gasteiger partial charge in [-0.25, -0.2) is 4.79 Å². The molecular weight excluding hydrogens is 278 g/mol. The number of hydrogen-bond acceptors (Lipinski definition) is 5. The third kappa shape index (κ3) is 2.20. The average Bonchev–Trinajstić information content (AvgIpc) is 2.74. The second-order valence-corrected chi connectivity index (χ2v) is 5.92. The molecule has 1 saturated heterocycles. The van der Waals surface area contributed by atoms with Gasteiger partial charge in [0.25, 0.3) is 11.8 Å². The van der Waals surface area contributed by atoms with Crippen LogP contribution in [-0.2, 0) is 9.63 Å². The van der Waals surface area contributed by atoms with Gasteiger partial charge in [-0.2, -0.15) is 11.8 Å². The van der Waals surface area contributed by atoms with Crippen molar-refractivity contribution in [2.45, 2.75) is 12.8 Å². The van der Waals surface area contributed by atoms with Gasteiger partial charge in [-0.1, -0.05) is 17.2 Å². The number of carbonyl (C=O) groups excluding carboxylic acids is 3. The van der Waals surface area contributed by atoms with Gasteiger partial charge in [-0.3, -0.25) is 9.59 Å². The van der Waals surface area contributed by atoms with E-state index in [4.69, 9.17) is 4.84 Å². The molecule has 0 aliphatic carbocycles. The molecule has 1 fully saturated rings. The van der Waals surface area contributed by atoms with Crippen LogP contribution in [0.25, 0.3) is 0 Å². The van der Waals surface area contributed by atoms with E-state index in [1.807, 2.05) is 0 Å². The normalized spacial score (nSPS) is 21.8. The first-order valence-electron chi connectivity index (χ1n) is 6.46. The lowest BCUT2D eigenvalue weighted by Gasteiger charge is -2.21. The summed E-state index contributed by atoms with van der Waals surface area (Å²) >= 11 is 1.69. The van der Waals surface area contributed by atoms with Gasteiger partial charge in [-0.15, -0.1) is 0 Å². The number of thioether (sulfide) groups is 1. The zero-order chi connectivity index (χ0) is 14.1. The van der Waals surface area contributed by atoms with Gasteiger partial charge in [0.2, 0.25) is 0 Å². The standard InChI is InChI=1S/C14H13NO4S/c16-12-10-5-1-2-6-11(10)13(17)15(12)19-14(18)9-4-3-7-20-8-9/h1-2,5-6,9H,3-4,7-8H2. The van der Waals surface area contributed by atoms with E-state index in [1.54, 1.807) is 36.0 Å². The fourth-order valence-corrected chi connectivity index (χ4v) is 3.47. The van der Waals surface area contributed by atoms with Crippen molar-refractivity contribution < 1.29 is 19.2 Å². The molecule has 0 radical (unpaired) electrons. The highest BCUT2D eigenvalue weighted by Crippen LogP contribution is 2.27. The molecule has 3 rings (SSSR count). The highest BCUT2D eigenvalue weighted by atomic mass is 32.2. The Balaban J connectivity index is 1.74. The molecule has 1 unspecified atom stereocenters. The lowest BCUT2D eigenvalue weighted by Crippen LogP contribution is -2.36. The quantitative estimate of drug-likeness (QED) is 0.779. The first-order chi connectivity index (χ1) is 9.68. The first kappa shape index (κ1) is 13.2. The van der Waals surface area contributed by atoms with Crippen LogP contribution < -0.4 is 0 Å². The monoisotopic (exact) mass is 291 g/mol. The minimum absolute atomic E-state index is 0.238. The second kappa shape index (κ2) is 5.28. The van der Waals surface area contributed by atoms with Gasteiger partial charge in [0, 0.05) is 5.75 Å². The van der Waals surface area contributed by atoms with E-state index in [1.165, 1.54) is 0 Å². The van der Waals surface area contributed by atoms with Crippen LogP contribution in [0.2, 0.25) is 0 Å². The van der Waals surface area contributed by atoms with Gasteiger partial charge in [0.15, 0.2) is 0 Å². The Morgan fingerprint density at radius 1 is 1.20 bits per heavy atom. The third-order valence-electron chi connectivity index (χ3n) is 3.43. The smallest absolute Gasteiger partial charge is 0.329 e. The fraction of sp³-hybridized carbons (Fsp3) is 0.357. The minimum atomic E-state index is -0.567. The van der Waals surface area contributed by atoms with E-state index in [2.05, 4.69) is 0 Å². The van der Waals surface area contributed by atoms with Gasteiger partial charge in [-0.05, 0) is 30.7 Å². The molecular formula is C14H13NO4S. The van der Waals surface area contributed by atoms with Gasteiger partial charge in [0.05, 0.1) is 17.0 Å². The molecule has 6 heteroatoms. The zero-order valence-corrected chi connectivity index (χ0v) is 11.5. The molecule has 1 atom stereocenters. The number of rotatable bonds is 2. The Morgan fingerprint density at radius 3 is 2.40 bits per heavy atom. The summed E-state index contributed by atoms with van der Waals surface area (Å²) in [5, 5.41) is 0.590. The summed E-state index contributed by atoms with van der Waals surface area (Å²) in [5.74, 6) is -0.145. The summed E-state index contributed by atoms with van der Waals surface area (Å²) in [6.45, 7) is 0. The topological polar surface area (TPSA) is 63.7 Å². The van der Waals surface area contributed by atoms with Crippen molar-refractivity contribution in [3.63, 3.8) is 0 Å². The Hall–Kier alpha value is -1.82. The average molecular weight is 291 g/mol. The Morgan fingerprint density at radius 2 is 1.85 bits per heavy atom. The number of benzene rings is 1. The number of fused-ring (bicyclic) bond motifs is 1. The van der Waals surface area contributed by atoms with Crippen molar-refractivity contribution in [1.82, 2.24) is 5.06 Å². The fourth-order valence-electron chi connectivity index (χ4n) is 2.34. The van der Waals surface area contributed by atoms with Crippen molar-refractivity contribution in [3.05, 3.63) is 35.4 Å². The third-order valence-corrected chi connectivity index (χ3v) is 4.65. The lowest BCUT2D eigenvalue weighted by molar-refractivity contribution is -0.173. The molecule has 0 bridgehead atoms. The first-order valence-corrected chi connectivity index (χ1v) is 7.61. The van der Waals surface area contributed by atoms with Crippen molar-refractivity contribution in [3.8, 4) is 0 Å². The Kier molecular flexibility index (Phi) is 3.48. The zero-order valence-electron chi connectivity index (χ0n) is 10.7. The molecule has 20 heavy (non-hydrogen) atoms. The van der Waals surface area contributed by atoms with Crippen LogP contribution in [0.3, 0.4) is 0 Å². The molecule has 5 nitrogen and oxygen atoms in total. The SMILES string of the molecule is O=C(ON1C(=O)c2ccccc2C1=O)C1CCCSC1. The van der Waals surface area contributed by atoms with Crippen LogP contribution >= 0.6 is 11.8 Å². The van der Waals surface area contributed by atoms with E-state index in [-0.39, 0.29) is 17.0 Å². The maximum atomic E-state index is 12.0. The number of hydrogen-bond donors (Lipinski definition) is 0. The number of imide groups is 1. The highest BCUT2D eigenvalue weighted by molar-refractivity contribution is 7.99. The van der Waals surface area contributed by atoms with Crippen LogP contribution in [0.4, 0.5) is 0 Å². The summed E-state index contributed by atoms with van der Waals surface area (Å²) < 4.78 is 0. The molecule has 2 aliphatic heterocycles. The summed E-state index contributed by atoms with van der Waals surface area (Å²) in [7, 11) is 0. The van der Waals surface area contributed by atoms with Crippen LogP contribution in [0, 0.1) is 5.92 Å². The van der Waals surface area contributed by atoms with E-state index < -0.39 is 17.8 Å². The second-order valence-electron chi connectivity index (χ2n) is 4.77. The largest absolute Gasteiger partial charge is 0.337 e. The molecule has 0 spiro atoms. The van der Waals surface area contributed by atoms with E-state index in [0.29, 0.717) is 10.8 Å². The number of nitrogens with zero attached hydrogens (tertiary/aromatic N) is 1. The van der Waals surface area contributed by atoms with Crippen molar-refractivity contribution in [1.29, 1.82) is 0 Å². The maximum Gasteiger partial charge on any atom is 0.337 e. The number of amides is 2. The molecule has 2 amide bonds. The van der Waals surface area contributed by atoms with Crippen molar-refractivity contribution >= 4 is 29.5 Å². The Labute approximate surface area is 120 Å². The summed E-state index contributed by atoms with van der Waals surface area (Å²) in [5.41, 5.74) is 0.562. The van der Waals surface area contributed by atoms with E-state index >= 15 is 0 Å². The highest BCUT2D eigenvalue weighted by Gasteiger charge is 2.39. The summed E-state index contributed by atoms with van der Waals surface area (Å²) in [6.07, 6.45) is 1.70. The van der Waals surface area contributed by atoms with E-state index in [9.17, 15) is 14.4 Å². The predicted molar refractivity (Wildman–Crippen MR) is 73.1 cm³/mol. The predicted octanol–water partition coefficient (Wildman–Crippen LogP) is 1.88. The van der Waals surface area contributed by atoms with Crippen LogP contribution in [0.1, 0.15) is 33.6 Å². The van der Waals surface area contributed by atoms with Crippen LogP contribution in [-0.4, -0.2) is 34.4 Å². The van der Waals surface area contributed by atoms with Gasteiger partial charge >= 0.3 is 5.97 Å². The van der Waals surface area contributed by atoms with Crippen molar-refractivity contribution in [2.75, 3.05) is 11.5 Å². The number of hydroxylamine groups is 2. The molecule has 1 aromatic carbocycles. The molecule has 2 heterocycles. The molecule has 0 saturated carbocycles. The molecule has 0 aromatic heterocycles. The minimum Gasteiger partial charge on any atom is -0.329 e. The Bertz CT molecular complexity index is 545. The lowest BCUT2D eigenvalue weighted by atomic mass is 10.1. The molecule has 1 aromatic rings. The summed E-state index contributed by atoms with van der Waals surface area (Å²) in [6, 6.07) is 6.46. The van der Waals surface area contributed by atoms with Crippen molar-refractivity contribution in [2.24, 2.45) is 5.92 Å². The van der Waals surface area contributed by atoms with Crippen LogP contribution in [0.15, 0.2) is 24.3 Å². The molecule has 104 valence electrons. The van der Waals surface area contributed by atoms with Gasteiger partial charge in [0.1, 0.15) is 0 Å². The summed E-state index contributed by atoms with van der Waals surface area (Å²) in [4.78, 5) is 41.2. The van der Waals surface area contributed by atoms with Crippen LogP contribution in [0.5, 0.6) is 0 Å². The van der Waals surface area contributed by atoms with E-state index in [0.717, 1.165) is 18.6 Å². The van der Waals surface area contributed by atoms with Gasteiger partial charge < -0.3 is 4.84 Å². The molecule has 2 aliphatic rings.